The molecule has 64 heavy (non-hydrogen) atoms. The average molecular weight is 891 g/mol. The van der Waals surface area contributed by atoms with Gasteiger partial charge in [-0.2, -0.15) is 0 Å². The van der Waals surface area contributed by atoms with Crippen LogP contribution in [0.4, 0.5) is 0 Å². The predicted octanol–water partition coefficient (Wildman–Crippen LogP) is 17.6. The Morgan fingerprint density at radius 3 is 1.03 bits per heavy atom. The lowest BCUT2D eigenvalue weighted by Crippen LogP contribution is -2.30. The molecule has 0 saturated carbocycles. The fourth-order valence-electron chi connectivity index (χ4n) is 7.11. The molecule has 6 nitrogen and oxygen atoms in total. The van der Waals surface area contributed by atoms with Gasteiger partial charge in [-0.1, -0.05) is 202 Å². The first-order valence-electron chi connectivity index (χ1n) is 26.6. The Balaban J connectivity index is 4.38. The highest BCUT2D eigenvalue weighted by Crippen LogP contribution is 2.14. The topological polar surface area (TPSA) is 78.9 Å². The summed E-state index contributed by atoms with van der Waals surface area (Å²) < 4.78 is 16.8. The van der Waals surface area contributed by atoms with E-state index < -0.39 is 6.10 Å². The molecule has 0 N–H and O–H groups in total. The zero-order valence-corrected chi connectivity index (χ0v) is 41.8. The van der Waals surface area contributed by atoms with Crippen molar-refractivity contribution in [3.63, 3.8) is 0 Å². The molecule has 6 heteroatoms. The summed E-state index contributed by atoms with van der Waals surface area (Å²) in [4.78, 5) is 38.0. The zero-order valence-electron chi connectivity index (χ0n) is 41.8. The highest BCUT2D eigenvalue weighted by Gasteiger charge is 2.19. The van der Waals surface area contributed by atoms with Crippen molar-refractivity contribution in [2.24, 2.45) is 0 Å². The van der Waals surface area contributed by atoms with Crippen LogP contribution in [0.5, 0.6) is 0 Å². The van der Waals surface area contributed by atoms with Crippen LogP contribution >= 0.6 is 0 Å². The number of allylic oxidation sites excluding steroid dienone is 14. The third-order valence-corrected chi connectivity index (χ3v) is 11.1. The molecule has 0 bridgehead atoms. The summed E-state index contributed by atoms with van der Waals surface area (Å²) in [6, 6.07) is 0. The Kier molecular flexibility index (Phi) is 49.4. The summed E-state index contributed by atoms with van der Waals surface area (Å²) in [5.41, 5.74) is 0. The van der Waals surface area contributed by atoms with E-state index in [-0.39, 0.29) is 31.1 Å². The Hall–Kier alpha value is -3.41. The van der Waals surface area contributed by atoms with Crippen molar-refractivity contribution in [3.05, 3.63) is 85.1 Å². The molecule has 0 radical (unpaired) electrons. The largest absolute Gasteiger partial charge is 0.462 e. The molecule has 0 aliphatic carbocycles. The van der Waals surface area contributed by atoms with Crippen LogP contribution in [0.1, 0.15) is 245 Å². The van der Waals surface area contributed by atoms with Gasteiger partial charge in [-0.05, 0) is 109 Å². The van der Waals surface area contributed by atoms with Gasteiger partial charge in [0.25, 0.3) is 0 Å². The SMILES string of the molecule is CC/C=C\C/C=C\C/C=C\C/C=C\CCCCCCCCC(=O)OCC(COC(=O)CCCCCCC/C=C\CCC)OC(=O)CCCCCCCCC/C=C\C/C=C\CCCCC. The molecule has 0 spiro atoms. The normalized spacial score (nSPS) is 12.7. The van der Waals surface area contributed by atoms with Crippen LogP contribution in [-0.2, 0) is 28.6 Å². The standard InChI is InChI=1S/C58H98O6/c1-4-7-10-13-16-19-22-24-26-28-29-31-32-34-36-39-42-45-48-51-57(60)63-54-55(53-62-56(59)50-47-44-41-38-21-18-15-12-9-6-3)64-58(61)52-49-46-43-40-37-35-33-30-27-25-23-20-17-14-11-8-5-2/h7,10,12,15-17,19-20,24-27,29,31,55H,4-6,8-9,11,13-14,18,21-23,28,30,32-54H2,1-3H3/b10-7-,15-12-,19-16-,20-17-,26-24-,27-25-,31-29-. The molecule has 0 aromatic carbocycles. The van der Waals surface area contributed by atoms with E-state index in [0.717, 1.165) is 128 Å². The van der Waals surface area contributed by atoms with Crippen molar-refractivity contribution in [1.82, 2.24) is 0 Å². The Bertz CT molecular complexity index is 1250. The molecule has 0 aromatic heterocycles. The molecule has 366 valence electrons. The van der Waals surface area contributed by atoms with Crippen molar-refractivity contribution in [3.8, 4) is 0 Å². The van der Waals surface area contributed by atoms with Crippen LogP contribution in [0.2, 0.25) is 0 Å². The van der Waals surface area contributed by atoms with E-state index in [2.05, 4.69) is 106 Å². The van der Waals surface area contributed by atoms with Crippen LogP contribution in [0.15, 0.2) is 85.1 Å². The smallest absolute Gasteiger partial charge is 0.306 e. The molecule has 1 atom stereocenters. The number of unbranched alkanes of at least 4 members (excludes halogenated alkanes) is 22. The monoisotopic (exact) mass is 891 g/mol. The van der Waals surface area contributed by atoms with Gasteiger partial charge in [0.05, 0.1) is 0 Å². The third-order valence-electron chi connectivity index (χ3n) is 11.1. The first kappa shape index (κ1) is 60.6. The maximum absolute atomic E-state index is 12.8. The number of carbonyl (C=O) groups is 3. The maximum atomic E-state index is 12.8. The molecular weight excluding hydrogens is 793 g/mol. The lowest BCUT2D eigenvalue weighted by Gasteiger charge is -2.18. The molecule has 0 aliphatic heterocycles. The fraction of sp³-hybridized carbons (Fsp3) is 0.707. The summed E-state index contributed by atoms with van der Waals surface area (Å²) >= 11 is 0. The van der Waals surface area contributed by atoms with E-state index in [1.807, 2.05) is 0 Å². The minimum absolute atomic E-state index is 0.0895. The minimum Gasteiger partial charge on any atom is -0.462 e. The lowest BCUT2D eigenvalue weighted by atomic mass is 10.1. The molecule has 0 rings (SSSR count). The van der Waals surface area contributed by atoms with E-state index in [1.54, 1.807) is 0 Å². The van der Waals surface area contributed by atoms with Crippen LogP contribution < -0.4 is 0 Å². The second-order valence-electron chi connectivity index (χ2n) is 17.4. The number of ether oxygens (including phenoxy) is 3. The van der Waals surface area contributed by atoms with Gasteiger partial charge in [-0.15, -0.1) is 0 Å². The zero-order chi connectivity index (χ0) is 46.5. The van der Waals surface area contributed by atoms with Gasteiger partial charge in [0.1, 0.15) is 13.2 Å². The number of rotatable bonds is 47. The second kappa shape index (κ2) is 52.2. The molecular formula is C58H98O6. The molecule has 0 aliphatic rings. The van der Waals surface area contributed by atoms with Gasteiger partial charge in [-0.3, -0.25) is 14.4 Å². The van der Waals surface area contributed by atoms with Gasteiger partial charge in [0.15, 0.2) is 6.10 Å². The molecule has 0 heterocycles. The van der Waals surface area contributed by atoms with Crippen LogP contribution in [0, 0.1) is 0 Å². The van der Waals surface area contributed by atoms with Crippen molar-refractivity contribution in [2.45, 2.75) is 252 Å². The predicted molar refractivity (Wildman–Crippen MR) is 274 cm³/mol. The van der Waals surface area contributed by atoms with Crippen LogP contribution in [0.3, 0.4) is 0 Å². The quantitative estimate of drug-likeness (QED) is 0.0262. The second-order valence-corrected chi connectivity index (χ2v) is 17.4. The highest BCUT2D eigenvalue weighted by molar-refractivity contribution is 5.71. The average Bonchev–Trinajstić information content (AvgIpc) is 3.29. The van der Waals surface area contributed by atoms with E-state index >= 15 is 0 Å². The summed E-state index contributed by atoms with van der Waals surface area (Å²) in [7, 11) is 0. The van der Waals surface area contributed by atoms with Crippen molar-refractivity contribution >= 4 is 17.9 Å². The van der Waals surface area contributed by atoms with Crippen LogP contribution in [0.25, 0.3) is 0 Å². The van der Waals surface area contributed by atoms with Crippen molar-refractivity contribution in [2.75, 3.05) is 13.2 Å². The van der Waals surface area contributed by atoms with Gasteiger partial charge in [-0.25, -0.2) is 0 Å². The van der Waals surface area contributed by atoms with Gasteiger partial charge in [0.2, 0.25) is 0 Å². The molecule has 0 saturated heterocycles. The summed E-state index contributed by atoms with van der Waals surface area (Å²) in [6.45, 7) is 6.41. The number of hydrogen-bond donors (Lipinski definition) is 0. The Morgan fingerprint density at radius 2 is 0.641 bits per heavy atom. The highest BCUT2D eigenvalue weighted by atomic mass is 16.6. The van der Waals surface area contributed by atoms with E-state index in [0.29, 0.717) is 19.3 Å². The van der Waals surface area contributed by atoms with E-state index in [4.69, 9.17) is 14.2 Å². The molecule has 1 unspecified atom stereocenters. The molecule has 0 amide bonds. The van der Waals surface area contributed by atoms with Gasteiger partial charge < -0.3 is 14.2 Å². The third kappa shape index (κ3) is 49.6. The number of carbonyl (C=O) groups excluding carboxylic acids is 3. The minimum atomic E-state index is -0.790. The van der Waals surface area contributed by atoms with E-state index in [1.165, 1.54) is 77.0 Å². The number of esters is 3. The van der Waals surface area contributed by atoms with E-state index in [9.17, 15) is 14.4 Å². The van der Waals surface area contributed by atoms with Crippen LogP contribution in [-0.4, -0.2) is 37.2 Å². The van der Waals surface area contributed by atoms with Gasteiger partial charge >= 0.3 is 17.9 Å². The van der Waals surface area contributed by atoms with Gasteiger partial charge in [0, 0.05) is 19.3 Å². The first-order chi connectivity index (χ1) is 31.5. The lowest BCUT2D eigenvalue weighted by molar-refractivity contribution is -0.167. The summed E-state index contributed by atoms with van der Waals surface area (Å²) in [5, 5.41) is 0. The Labute approximate surface area is 395 Å². The molecule has 0 fully saturated rings. The summed E-state index contributed by atoms with van der Waals surface area (Å²) in [5.74, 6) is -0.921. The molecule has 0 aromatic rings. The maximum Gasteiger partial charge on any atom is 0.306 e. The van der Waals surface area contributed by atoms with Crippen molar-refractivity contribution in [1.29, 1.82) is 0 Å². The Morgan fingerprint density at radius 1 is 0.328 bits per heavy atom. The fourth-order valence-corrected chi connectivity index (χ4v) is 7.11. The van der Waals surface area contributed by atoms with Crippen molar-refractivity contribution < 1.29 is 28.6 Å². The first-order valence-corrected chi connectivity index (χ1v) is 26.6. The number of hydrogen-bond acceptors (Lipinski definition) is 6. The summed E-state index contributed by atoms with van der Waals surface area (Å²) in [6.07, 6.45) is 67.1.